The van der Waals surface area contributed by atoms with Gasteiger partial charge in [-0.15, -0.1) is 0 Å². The lowest BCUT2D eigenvalue weighted by molar-refractivity contribution is 0.891. The summed E-state index contributed by atoms with van der Waals surface area (Å²) in [7, 11) is 0. The second-order valence-corrected chi connectivity index (χ2v) is 7.81. The number of aromatic nitrogens is 2. The molecule has 0 spiro atoms. The zero-order valence-electron chi connectivity index (χ0n) is 16.6. The predicted octanol–water partition coefficient (Wildman–Crippen LogP) is 7.09. The Hall–Kier alpha value is -2.84. The Bertz CT molecular complexity index is 1170. The minimum absolute atomic E-state index is 0.748. The highest BCUT2D eigenvalue weighted by Crippen LogP contribution is 2.35. The first kappa shape index (κ1) is 18.5. The van der Waals surface area contributed by atoms with E-state index in [1.165, 1.54) is 11.1 Å². The third-order valence-electron chi connectivity index (χ3n) is 5.11. The van der Waals surface area contributed by atoms with Gasteiger partial charge in [-0.25, -0.2) is 4.68 Å². The van der Waals surface area contributed by atoms with Crippen LogP contribution in [0.25, 0.3) is 28.2 Å². The lowest BCUT2D eigenvalue weighted by Gasteiger charge is -2.10. The van der Waals surface area contributed by atoms with Crippen molar-refractivity contribution in [2.24, 2.45) is 0 Å². The van der Waals surface area contributed by atoms with E-state index < -0.39 is 0 Å². The van der Waals surface area contributed by atoms with Gasteiger partial charge in [0.15, 0.2) is 0 Å². The molecule has 4 aromatic rings. The van der Waals surface area contributed by atoms with E-state index in [9.17, 15) is 0 Å². The number of nitrogens with zero attached hydrogens (tertiary/aromatic N) is 2. The first-order chi connectivity index (χ1) is 13.4. The molecular weight excluding hydrogens is 364 g/mol. The van der Waals surface area contributed by atoms with Gasteiger partial charge in [-0.2, -0.15) is 5.10 Å². The highest BCUT2D eigenvalue weighted by molar-refractivity contribution is 6.31. The minimum Gasteiger partial charge on any atom is -0.232 e. The van der Waals surface area contributed by atoms with Crippen LogP contribution in [0.15, 0.2) is 66.7 Å². The van der Waals surface area contributed by atoms with E-state index >= 15 is 0 Å². The van der Waals surface area contributed by atoms with Crippen LogP contribution in [-0.4, -0.2) is 9.78 Å². The third kappa shape index (κ3) is 3.36. The van der Waals surface area contributed by atoms with Crippen molar-refractivity contribution in [3.8, 4) is 28.2 Å². The van der Waals surface area contributed by atoms with Gasteiger partial charge in [0.05, 0.1) is 17.1 Å². The predicted molar refractivity (Wildman–Crippen MR) is 118 cm³/mol. The van der Waals surface area contributed by atoms with Gasteiger partial charge in [0.1, 0.15) is 0 Å². The van der Waals surface area contributed by atoms with Crippen molar-refractivity contribution in [3.05, 3.63) is 94.0 Å². The highest BCUT2D eigenvalue weighted by atomic mass is 35.5. The summed E-state index contributed by atoms with van der Waals surface area (Å²) in [4.78, 5) is 0. The van der Waals surface area contributed by atoms with Crippen LogP contribution < -0.4 is 0 Å². The van der Waals surface area contributed by atoms with Crippen molar-refractivity contribution < 1.29 is 0 Å². The van der Waals surface area contributed by atoms with E-state index in [2.05, 4.69) is 75.4 Å². The maximum atomic E-state index is 6.43. The third-order valence-corrected chi connectivity index (χ3v) is 5.51. The fourth-order valence-corrected chi connectivity index (χ4v) is 3.77. The van der Waals surface area contributed by atoms with E-state index in [-0.39, 0.29) is 0 Å². The number of hydrogen-bond acceptors (Lipinski definition) is 1. The summed E-state index contributed by atoms with van der Waals surface area (Å²) in [6, 6.07) is 23.2. The molecule has 0 radical (unpaired) electrons. The van der Waals surface area contributed by atoms with Crippen molar-refractivity contribution in [3.63, 3.8) is 0 Å². The maximum Gasteiger partial charge on any atom is 0.0963 e. The maximum absolute atomic E-state index is 6.43. The average Bonchev–Trinajstić information content (AvgIpc) is 3.01. The van der Waals surface area contributed by atoms with Crippen molar-refractivity contribution >= 4 is 11.6 Å². The van der Waals surface area contributed by atoms with Crippen LogP contribution in [0.3, 0.4) is 0 Å². The van der Waals surface area contributed by atoms with Gasteiger partial charge in [-0.05, 0) is 57.5 Å². The molecular formula is C25H23ClN2. The van der Waals surface area contributed by atoms with E-state index in [0.29, 0.717) is 0 Å². The van der Waals surface area contributed by atoms with Gasteiger partial charge in [-0.3, -0.25) is 0 Å². The molecule has 0 amide bonds. The molecule has 0 unspecified atom stereocenters. The first-order valence-corrected chi connectivity index (χ1v) is 9.82. The van der Waals surface area contributed by atoms with Gasteiger partial charge in [-0.1, -0.05) is 65.2 Å². The van der Waals surface area contributed by atoms with Crippen molar-refractivity contribution in [1.29, 1.82) is 0 Å². The molecule has 0 N–H and O–H groups in total. The zero-order valence-corrected chi connectivity index (χ0v) is 17.4. The van der Waals surface area contributed by atoms with Crippen LogP contribution >= 0.6 is 11.6 Å². The Kier molecular flexibility index (Phi) is 4.82. The van der Waals surface area contributed by atoms with Gasteiger partial charge < -0.3 is 0 Å². The fraction of sp³-hybridized carbons (Fsp3) is 0.160. The standard InChI is InChI=1S/C25H23ClN2/c1-16-7-5-9-20(13-16)24-19(4)25(21-10-6-8-17(2)14-21)28(27-24)22-12-11-18(3)23(26)15-22/h5-15H,1-4H3. The molecule has 0 atom stereocenters. The monoisotopic (exact) mass is 386 g/mol. The Morgan fingerprint density at radius 2 is 1.39 bits per heavy atom. The topological polar surface area (TPSA) is 17.8 Å². The van der Waals surface area contributed by atoms with Crippen LogP contribution in [0.1, 0.15) is 22.3 Å². The van der Waals surface area contributed by atoms with Gasteiger partial charge in [0, 0.05) is 21.7 Å². The fourth-order valence-electron chi connectivity index (χ4n) is 3.59. The molecule has 0 aliphatic heterocycles. The summed E-state index contributed by atoms with van der Waals surface area (Å²) in [5.74, 6) is 0. The SMILES string of the molecule is Cc1cccc(-c2nn(-c3ccc(C)c(Cl)c3)c(-c3cccc(C)c3)c2C)c1. The molecule has 3 aromatic carbocycles. The van der Waals surface area contributed by atoms with Crippen LogP contribution in [-0.2, 0) is 0 Å². The van der Waals surface area contributed by atoms with Crippen molar-refractivity contribution in [2.75, 3.05) is 0 Å². The summed E-state index contributed by atoms with van der Waals surface area (Å²) in [5.41, 5.74) is 10.0. The molecule has 0 aliphatic rings. The molecule has 3 heteroatoms. The molecule has 2 nitrogen and oxygen atoms in total. The lowest BCUT2D eigenvalue weighted by Crippen LogP contribution is -2.00. The molecule has 0 fully saturated rings. The zero-order chi connectivity index (χ0) is 19.8. The first-order valence-electron chi connectivity index (χ1n) is 9.44. The van der Waals surface area contributed by atoms with Crippen LogP contribution in [0, 0.1) is 27.7 Å². The van der Waals surface area contributed by atoms with Gasteiger partial charge in [0.25, 0.3) is 0 Å². The summed E-state index contributed by atoms with van der Waals surface area (Å²) in [5, 5.41) is 5.77. The highest BCUT2D eigenvalue weighted by Gasteiger charge is 2.19. The van der Waals surface area contributed by atoms with Crippen molar-refractivity contribution in [1.82, 2.24) is 9.78 Å². The smallest absolute Gasteiger partial charge is 0.0963 e. The Morgan fingerprint density at radius 1 is 0.750 bits per heavy atom. The van der Waals surface area contributed by atoms with Gasteiger partial charge >= 0.3 is 0 Å². The Balaban J connectivity index is 2.00. The number of aryl methyl sites for hydroxylation is 3. The van der Waals surface area contributed by atoms with Crippen LogP contribution in [0.4, 0.5) is 0 Å². The van der Waals surface area contributed by atoms with Crippen molar-refractivity contribution in [2.45, 2.75) is 27.7 Å². The van der Waals surface area contributed by atoms with Crippen LogP contribution in [0.5, 0.6) is 0 Å². The Morgan fingerprint density at radius 3 is 2.04 bits per heavy atom. The van der Waals surface area contributed by atoms with E-state index in [0.717, 1.165) is 44.4 Å². The molecule has 28 heavy (non-hydrogen) atoms. The molecule has 0 saturated heterocycles. The normalized spacial score (nSPS) is 11.0. The second kappa shape index (κ2) is 7.29. The molecule has 4 rings (SSSR count). The lowest BCUT2D eigenvalue weighted by atomic mass is 10.0. The number of hydrogen-bond donors (Lipinski definition) is 0. The average molecular weight is 387 g/mol. The summed E-state index contributed by atoms with van der Waals surface area (Å²) in [6.45, 7) is 8.38. The second-order valence-electron chi connectivity index (χ2n) is 7.41. The number of rotatable bonds is 3. The number of halogens is 1. The van der Waals surface area contributed by atoms with Crippen LogP contribution in [0.2, 0.25) is 5.02 Å². The quantitative estimate of drug-likeness (QED) is 0.367. The summed E-state index contributed by atoms with van der Waals surface area (Å²) < 4.78 is 2.02. The minimum atomic E-state index is 0.748. The molecule has 1 heterocycles. The Labute approximate surface area is 171 Å². The molecule has 140 valence electrons. The summed E-state index contributed by atoms with van der Waals surface area (Å²) in [6.07, 6.45) is 0. The number of benzene rings is 3. The molecule has 0 aliphatic carbocycles. The van der Waals surface area contributed by atoms with E-state index in [4.69, 9.17) is 16.7 Å². The van der Waals surface area contributed by atoms with Gasteiger partial charge in [0.2, 0.25) is 0 Å². The molecule has 1 aromatic heterocycles. The van der Waals surface area contributed by atoms with E-state index in [1.807, 2.05) is 23.7 Å². The molecule has 0 bridgehead atoms. The summed E-state index contributed by atoms with van der Waals surface area (Å²) >= 11 is 6.43. The largest absolute Gasteiger partial charge is 0.232 e. The molecule has 0 saturated carbocycles. The van der Waals surface area contributed by atoms with E-state index in [1.54, 1.807) is 0 Å².